The lowest BCUT2D eigenvalue weighted by Gasteiger charge is -2.35. The maximum Gasteiger partial charge on any atom is 0.313 e. The molecule has 2 atom stereocenters. The fraction of sp³-hybridized carbons (Fsp3) is 0.316. The molecule has 0 spiro atoms. The van der Waals surface area contributed by atoms with Gasteiger partial charge in [0.05, 0.1) is 5.92 Å². The lowest BCUT2D eigenvalue weighted by Crippen LogP contribution is -2.45. The van der Waals surface area contributed by atoms with Gasteiger partial charge in [0.15, 0.2) is 0 Å². The minimum Gasteiger partial charge on any atom is -0.461 e. The molecule has 114 valence electrons. The van der Waals surface area contributed by atoms with Crippen LogP contribution in [0.2, 0.25) is 0 Å². The van der Waals surface area contributed by atoms with Crippen LogP contribution in [0.25, 0.3) is 0 Å². The molecule has 2 aromatic rings. The van der Waals surface area contributed by atoms with E-state index in [0.29, 0.717) is 0 Å². The summed E-state index contributed by atoms with van der Waals surface area (Å²) in [4.78, 5) is 11.7. The number of nitrogens with two attached hydrogens (primary N) is 1. The average Bonchev–Trinajstić information content (AvgIpc) is 2.54. The van der Waals surface area contributed by atoms with E-state index in [4.69, 9.17) is 10.5 Å². The van der Waals surface area contributed by atoms with Gasteiger partial charge in [0.25, 0.3) is 0 Å². The van der Waals surface area contributed by atoms with Gasteiger partial charge in [-0.05, 0) is 48.9 Å². The number of hydrogen-bond donors (Lipinski definition) is 1. The number of aryl methyl sites for hydroxylation is 2. The fourth-order valence-corrected chi connectivity index (χ4v) is 2.92. The van der Waals surface area contributed by atoms with Crippen LogP contribution in [0.1, 0.15) is 24.0 Å². The number of cyclic esters (lactones) is 1. The molecule has 1 aliphatic heterocycles. The van der Waals surface area contributed by atoms with Gasteiger partial charge in [-0.2, -0.15) is 0 Å². The first-order valence-electron chi connectivity index (χ1n) is 7.81. The number of nitrogen functional groups attached to an aromatic ring is 1. The molecule has 0 bridgehead atoms. The minimum absolute atomic E-state index is 0.0428. The van der Waals surface area contributed by atoms with Crippen LogP contribution in [0.3, 0.4) is 0 Å². The molecule has 1 saturated heterocycles. The van der Waals surface area contributed by atoms with E-state index in [9.17, 15) is 4.79 Å². The molecule has 2 aromatic carbocycles. The number of rotatable bonds is 6. The van der Waals surface area contributed by atoms with E-state index in [2.05, 4.69) is 12.1 Å². The van der Waals surface area contributed by atoms with Gasteiger partial charge in [0.1, 0.15) is 6.10 Å². The molecule has 3 rings (SSSR count). The van der Waals surface area contributed by atoms with Crippen molar-refractivity contribution in [3.8, 4) is 0 Å². The first-order chi connectivity index (χ1) is 10.7. The third-order valence-electron chi connectivity index (χ3n) is 4.30. The SMILES string of the molecule is Nc1ccc(CC[C@@H]2C(=O)OC2CCc2ccccc2)cc1. The van der Waals surface area contributed by atoms with Gasteiger partial charge in [-0.15, -0.1) is 0 Å². The third kappa shape index (κ3) is 3.48. The van der Waals surface area contributed by atoms with E-state index in [1.807, 2.05) is 42.5 Å². The highest BCUT2D eigenvalue weighted by Gasteiger charge is 2.41. The summed E-state index contributed by atoms with van der Waals surface area (Å²) in [6.07, 6.45) is 3.67. The second kappa shape index (κ2) is 6.65. The second-order valence-electron chi connectivity index (χ2n) is 5.89. The average molecular weight is 295 g/mol. The molecular formula is C19H21NO2. The number of carbonyl (C=O) groups excluding carboxylic acids is 1. The molecular weight excluding hydrogens is 274 g/mol. The number of carbonyl (C=O) groups is 1. The Hall–Kier alpha value is -2.29. The Morgan fingerprint density at radius 2 is 1.50 bits per heavy atom. The Bertz CT molecular complexity index is 622. The quantitative estimate of drug-likeness (QED) is 0.656. The summed E-state index contributed by atoms with van der Waals surface area (Å²) >= 11 is 0. The van der Waals surface area contributed by atoms with E-state index in [1.165, 1.54) is 11.1 Å². The Morgan fingerprint density at radius 3 is 2.18 bits per heavy atom. The molecule has 0 aliphatic carbocycles. The Morgan fingerprint density at radius 1 is 0.864 bits per heavy atom. The normalized spacial score (nSPS) is 20.3. The zero-order valence-corrected chi connectivity index (χ0v) is 12.6. The maximum absolute atomic E-state index is 11.7. The van der Waals surface area contributed by atoms with Gasteiger partial charge in [-0.1, -0.05) is 42.5 Å². The van der Waals surface area contributed by atoms with Gasteiger partial charge < -0.3 is 10.5 Å². The van der Waals surface area contributed by atoms with E-state index in [1.54, 1.807) is 0 Å². The molecule has 0 saturated carbocycles. The fourth-order valence-electron chi connectivity index (χ4n) is 2.92. The van der Waals surface area contributed by atoms with Crippen molar-refractivity contribution in [2.45, 2.75) is 31.8 Å². The zero-order chi connectivity index (χ0) is 15.4. The number of ether oxygens (including phenoxy) is 1. The summed E-state index contributed by atoms with van der Waals surface area (Å²) in [6.45, 7) is 0. The highest BCUT2D eigenvalue weighted by Crippen LogP contribution is 2.30. The van der Waals surface area contributed by atoms with Crippen LogP contribution in [0, 0.1) is 5.92 Å². The number of hydrogen-bond acceptors (Lipinski definition) is 3. The molecule has 0 amide bonds. The van der Waals surface area contributed by atoms with Crippen LogP contribution in [0.15, 0.2) is 54.6 Å². The Kier molecular flexibility index (Phi) is 4.42. The molecule has 3 nitrogen and oxygen atoms in total. The van der Waals surface area contributed by atoms with E-state index < -0.39 is 0 Å². The van der Waals surface area contributed by atoms with Crippen LogP contribution in [0.4, 0.5) is 5.69 Å². The lowest BCUT2D eigenvalue weighted by atomic mass is 9.87. The first kappa shape index (κ1) is 14.6. The van der Waals surface area contributed by atoms with E-state index in [-0.39, 0.29) is 18.0 Å². The molecule has 0 radical (unpaired) electrons. The predicted molar refractivity (Wildman–Crippen MR) is 87.3 cm³/mol. The van der Waals surface area contributed by atoms with Gasteiger partial charge in [0, 0.05) is 5.69 Å². The molecule has 22 heavy (non-hydrogen) atoms. The molecule has 1 fully saturated rings. The number of benzene rings is 2. The summed E-state index contributed by atoms with van der Waals surface area (Å²) in [7, 11) is 0. The maximum atomic E-state index is 11.7. The van der Waals surface area contributed by atoms with Crippen LogP contribution < -0.4 is 5.73 Å². The summed E-state index contributed by atoms with van der Waals surface area (Å²) in [6, 6.07) is 18.2. The Labute approximate surface area is 131 Å². The topological polar surface area (TPSA) is 52.3 Å². The molecule has 1 aliphatic rings. The molecule has 1 heterocycles. The van der Waals surface area contributed by atoms with Crippen molar-refractivity contribution >= 4 is 11.7 Å². The van der Waals surface area contributed by atoms with Crippen molar-refractivity contribution in [2.75, 3.05) is 5.73 Å². The largest absolute Gasteiger partial charge is 0.461 e. The lowest BCUT2D eigenvalue weighted by molar-refractivity contribution is -0.185. The predicted octanol–water partition coefficient (Wildman–Crippen LogP) is 3.38. The smallest absolute Gasteiger partial charge is 0.313 e. The van der Waals surface area contributed by atoms with Crippen molar-refractivity contribution in [2.24, 2.45) is 5.92 Å². The van der Waals surface area contributed by atoms with Crippen molar-refractivity contribution < 1.29 is 9.53 Å². The highest BCUT2D eigenvalue weighted by molar-refractivity contribution is 5.78. The summed E-state index contributed by atoms with van der Waals surface area (Å²) in [5.41, 5.74) is 8.97. The van der Waals surface area contributed by atoms with Crippen molar-refractivity contribution in [1.82, 2.24) is 0 Å². The van der Waals surface area contributed by atoms with Gasteiger partial charge in [0.2, 0.25) is 0 Å². The standard InChI is InChI=1S/C19H21NO2/c20-16-10-6-15(7-11-16)8-12-17-18(22-19(17)21)13-9-14-4-2-1-3-5-14/h1-7,10-11,17-18H,8-9,12-13,20H2/t17-,18?/m0/s1. The van der Waals surface area contributed by atoms with Gasteiger partial charge in [-0.3, -0.25) is 4.79 Å². The van der Waals surface area contributed by atoms with Gasteiger partial charge >= 0.3 is 5.97 Å². The van der Waals surface area contributed by atoms with Crippen LogP contribution in [-0.2, 0) is 22.4 Å². The van der Waals surface area contributed by atoms with Crippen molar-refractivity contribution in [1.29, 1.82) is 0 Å². The van der Waals surface area contributed by atoms with E-state index in [0.717, 1.165) is 31.4 Å². The molecule has 1 unspecified atom stereocenters. The zero-order valence-electron chi connectivity index (χ0n) is 12.6. The summed E-state index contributed by atoms with van der Waals surface area (Å²) < 4.78 is 5.32. The van der Waals surface area contributed by atoms with Crippen LogP contribution in [0.5, 0.6) is 0 Å². The third-order valence-corrected chi connectivity index (χ3v) is 4.30. The minimum atomic E-state index is -0.0477. The van der Waals surface area contributed by atoms with E-state index >= 15 is 0 Å². The Balaban J connectivity index is 1.49. The molecule has 0 aromatic heterocycles. The molecule has 2 N–H and O–H groups in total. The first-order valence-corrected chi connectivity index (χ1v) is 7.81. The van der Waals surface area contributed by atoms with Crippen LogP contribution in [-0.4, -0.2) is 12.1 Å². The van der Waals surface area contributed by atoms with Gasteiger partial charge in [-0.25, -0.2) is 0 Å². The summed E-state index contributed by atoms with van der Waals surface area (Å²) in [5, 5.41) is 0. The van der Waals surface area contributed by atoms with Crippen molar-refractivity contribution in [3.63, 3.8) is 0 Å². The summed E-state index contributed by atoms with van der Waals surface area (Å²) in [5.74, 6) is -0.00484. The van der Waals surface area contributed by atoms with Crippen molar-refractivity contribution in [3.05, 3.63) is 65.7 Å². The number of esters is 1. The number of anilines is 1. The molecule has 3 heteroatoms. The monoisotopic (exact) mass is 295 g/mol. The highest BCUT2D eigenvalue weighted by atomic mass is 16.6. The van der Waals surface area contributed by atoms with Crippen LogP contribution >= 0.6 is 0 Å². The second-order valence-corrected chi connectivity index (χ2v) is 5.89.